The molecule has 0 aliphatic heterocycles. The number of hydrogen-bond acceptors (Lipinski definition) is 2. The van der Waals surface area contributed by atoms with Crippen LogP contribution in [-0.2, 0) is 9.53 Å². The minimum absolute atomic E-state index is 0.0370. The molecule has 9 heavy (non-hydrogen) atoms. The lowest BCUT2D eigenvalue weighted by atomic mass is 10.2. The highest BCUT2D eigenvalue weighted by Crippen LogP contribution is 2.04. The standard InChI is InChI=1S/C6H11BrO2/c1-4(2)6(8)9-5(3)7/h4-5H,1-3H3. The van der Waals surface area contributed by atoms with Crippen LogP contribution >= 0.6 is 15.9 Å². The van der Waals surface area contributed by atoms with Crippen molar-refractivity contribution in [2.45, 2.75) is 25.8 Å². The number of ether oxygens (including phenoxy) is 1. The first-order valence-corrected chi connectivity index (χ1v) is 3.80. The largest absolute Gasteiger partial charge is 0.451 e. The molecule has 0 N–H and O–H groups in total. The maximum Gasteiger partial charge on any atom is 0.309 e. The summed E-state index contributed by atoms with van der Waals surface area (Å²) in [6.07, 6.45) is 0. The van der Waals surface area contributed by atoms with Gasteiger partial charge in [0.1, 0.15) is 0 Å². The minimum atomic E-state index is -0.174. The molecule has 1 unspecified atom stereocenters. The molecule has 1 atom stereocenters. The number of esters is 1. The zero-order chi connectivity index (χ0) is 7.44. The van der Waals surface area contributed by atoms with Gasteiger partial charge in [0.05, 0.1) is 5.92 Å². The zero-order valence-corrected chi connectivity index (χ0v) is 7.44. The fourth-order valence-electron chi connectivity index (χ4n) is 0.296. The van der Waals surface area contributed by atoms with E-state index in [2.05, 4.69) is 15.9 Å². The lowest BCUT2D eigenvalue weighted by Gasteiger charge is -2.07. The number of carbonyl (C=O) groups excluding carboxylic acids is 1. The van der Waals surface area contributed by atoms with Gasteiger partial charge < -0.3 is 4.74 Å². The lowest BCUT2D eigenvalue weighted by molar-refractivity contribution is -0.147. The number of carbonyl (C=O) groups is 1. The Bertz CT molecular complexity index is 99.2. The Kier molecular flexibility index (Phi) is 3.86. The van der Waals surface area contributed by atoms with Gasteiger partial charge in [0.2, 0.25) is 0 Å². The molecule has 0 bridgehead atoms. The molecule has 0 heterocycles. The molecule has 0 aliphatic rings. The molecule has 0 rings (SSSR count). The smallest absolute Gasteiger partial charge is 0.309 e. The van der Waals surface area contributed by atoms with E-state index in [1.165, 1.54) is 0 Å². The Balaban J connectivity index is 3.51. The maximum absolute atomic E-state index is 10.7. The normalized spacial score (nSPS) is 13.4. The van der Waals surface area contributed by atoms with Crippen LogP contribution < -0.4 is 0 Å². The molecule has 2 nitrogen and oxygen atoms in total. The first kappa shape index (κ1) is 8.95. The monoisotopic (exact) mass is 194 g/mol. The van der Waals surface area contributed by atoms with Gasteiger partial charge in [0.15, 0.2) is 5.01 Å². The summed E-state index contributed by atoms with van der Waals surface area (Å²) >= 11 is 3.10. The average Bonchev–Trinajstić information content (AvgIpc) is 1.63. The summed E-state index contributed by atoms with van der Waals surface area (Å²) in [5.41, 5.74) is 0. The molecular formula is C6H11BrO2. The molecular weight excluding hydrogens is 184 g/mol. The van der Waals surface area contributed by atoms with Crippen molar-refractivity contribution < 1.29 is 9.53 Å². The average molecular weight is 195 g/mol. The van der Waals surface area contributed by atoms with Gasteiger partial charge in [-0.05, 0) is 22.9 Å². The fraction of sp³-hybridized carbons (Fsp3) is 0.833. The van der Waals surface area contributed by atoms with E-state index in [-0.39, 0.29) is 16.9 Å². The predicted octanol–water partition coefficient (Wildman–Crippen LogP) is 1.93. The molecule has 3 heteroatoms. The van der Waals surface area contributed by atoms with Gasteiger partial charge in [-0.3, -0.25) is 4.79 Å². The second-order valence-electron chi connectivity index (χ2n) is 2.13. The van der Waals surface area contributed by atoms with Crippen LogP contribution in [-0.4, -0.2) is 11.0 Å². The van der Waals surface area contributed by atoms with Crippen LogP contribution in [0.4, 0.5) is 0 Å². The molecule has 54 valence electrons. The number of halogens is 1. The molecule has 0 saturated carbocycles. The summed E-state index contributed by atoms with van der Waals surface area (Å²) in [5, 5.41) is -0.174. The van der Waals surface area contributed by atoms with Crippen molar-refractivity contribution in [1.29, 1.82) is 0 Å². The summed E-state index contributed by atoms with van der Waals surface area (Å²) in [5.74, 6) is -0.204. The first-order chi connectivity index (χ1) is 4.04. The minimum Gasteiger partial charge on any atom is -0.451 e. The molecule has 0 aromatic carbocycles. The second-order valence-corrected chi connectivity index (χ2v) is 3.42. The van der Waals surface area contributed by atoms with Crippen molar-refractivity contribution in [3.63, 3.8) is 0 Å². The highest BCUT2D eigenvalue weighted by molar-refractivity contribution is 9.09. The van der Waals surface area contributed by atoms with Crippen LogP contribution in [0, 0.1) is 5.92 Å². The van der Waals surface area contributed by atoms with Crippen LogP contribution in [0.25, 0.3) is 0 Å². The number of alkyl halides is 1. The van der Waals surface area contributed by atoms with Gasteiger partial charge in [-0.2, -0.15) is 0 Å². The van der Waals surface area contributed by atoms with E-state index in [0.29, 0.717) is 0 Å². The molecule has 0 saturated heterocycles. The van der Waals surface area contributed by atoms with Crippen molar-refractivity contribution in [1.82, 2.24) is 0 Å². The van der Waals surface area contributed by atoms with Gasteiger partial charge in [0.25, 0.3) is 0 Å². The Hall–Kier alpha value is -0.0500. The molecule has 0 aliphatic carbocycles. The maximum atomic E-state index is 10.7. The number of rotatable bonds is 2. The third-order valence-electron chi connectivity index (χ3n) is 0.750. The third-order valence-corrected chi connectivity index (χ3v) is 0.937. The van der Waals surface area contributed by atoms with Crippen molar-refractivity contribution in [3.8, 4) is 0 Å². The van der Waals surface area contributed by atoms with E-state index in [9.17, 15) is 4.79 Å². The summed E-state index contributed by atoms with van der Waals surface area (Å²) in [4.78, 5) is 10.7. The molecule has 0 fully saturated rings. The van der Waals surface area contributed by atoms with E-state index >= 15 is 0 Å². The summed E-state index contributed by atoms with van der Waals surface area (Å²) in [6.45, 7) is 5.37. The Morgan fingerprint density at radius 1 is 1.44 bits per heavy atom. The van der Waals surface area contributed by atoms with Gasteiger partial charge in [-0.15, -0.1) is 0 Å². The van der Waals surface area contributed by atoms with E-state index in [4.69, 9.17) is 4.74 Å². The summed E-state index contributed by atoms with van der Waals surface area (Å²) in [6, 6.07) is 0. The lowest BCUT2D eigenvalue weighted by Crippen LogP contribution is -2.14. The first-order valence-electron chi connectivity index (χ1n) is 2.88. The van der Waals surface area contributed by atoms with Crippen molar-refractivity contribution in [2.75, 3.05) is 0 Å². The second kappa shape index (κ2) is 3.88. The highest BCUT2D eigenvalue weighted by atomic mass is 79.9. The fourth-order valence-corrected chi connectivity index (χ4v) is 0.480. The molecule has 0 radical (unpaired) electrons. The van der Waals surface area contributed by atoms with Crippen LogP contribution in [0.3, 0.4) is 0 Å². The third kappa shape index (κ3) is 4.45. The van der Waals surface area contributed by atoms with Crippen LogP contribution in [0.2, 0.25) is 0 Å². The molecule has 0 aromatic heterocycles. The van der Waals surface area contributed by atoms with Crippen molar-refractivity contribution >= 4 is 21.9 Å². The van der Waals surface area contributed by atoms with Gasteiger partial charge in [-0.1, -0.05) is 13.8 Å². The van der Waals surface area contributed by atoms with Crippen LogP contribution in [0.5, 0.6) is 0 Å². The quantitative estimate of drug-likeness (QED) is 0.497. The van der Waals surface area contributed by atoms with E-state index < -0.39 is 0 Å². The Morgan fingerprint density at radius 3 is 2.00 bits per heavy atom. The Morgan fingerprint density at radius 2 is 1.89 bits per heavy atom. The van der Waals surface area contributed by atoms with Crippen LogP contribution in [0.1, 0.15) is 20.8 Å². The van der Waals surface area contributed by atoms with E-state index in [1.807, 2.05) is 0 Å². The molecule has 0 spiro atoms. The van der Waals surface area contributed by atoms with Crippen molar-refractivity contribution in [2.24, 2.45) is 5.92 Å². The topological polar surface area (TPSA) is 26.3 Å². The number of hydrogen-bond donors (Lipinski definition) is 0. The highest BCUT2D eigenvalue weighted by Gasteiger charge is 2.09. The Labute approximate surface area is 63.7 Å². The molecule has 0 aromatic rings. The SMILES string of the molecule is CC(Br)OC(=O)C(C)C. The molecule has 0 amide bonds. The van der Waals surface area contributed by atoms with E-state index in [0.717, 1.165) is 0 Å². The van der Waals surface area contributed by atoms with Crippen LogP contribution in [0.15, 0.2) is 0 Å². The predicted molar refractivity (Wildman–Crippen MR) is 39.3 cm³/mol. The summed E-state index contributed by atoms with van der Waals surface area (Å²) < 4.78 is 4.79. The summed E-state index contributed by atoms with van der Waals surface area (Å²) in [7, 11) is 0. The van der Waals surface area contributed by atoms with Gasteiger partial charge in [0, 0.05) is 0 Å². The zero-order valence-electron chi connectivity index (χ0n) is 5.85. The van der Waals surface area contributed by atoms with Gasteiger partial charge in [-0.25, -0.2) is 0 Å². The van der Waals surface area contributed by atoms with Crippen molar-refractivity contribution in [3.05, 3.63) is 0 Å². The van der Waals surface area contributed by atoms with E-state index in [1.54, 1.807) is 20.8 Å². The van der Waals surface area contributed by atoms with Gasteiger partial charge >= 0.3 is 5.97 Å².